The quantitative estimate of drug-likeness (QED) is 0.552. The minimum atomic E-state index is -3.96. The lowest BCUT2D eigenvalue weighted by Crippen LogP contribution is -2.30. The van der Waals surface area contributed by atoms with Crippen LogP contribution in [0.4, 0.5) is 0 Å². The van der Waals surface area contributed by atoms with Crippen LogP contribution in [0.25, 0.3) is 0 Å². The van der Waals surface area contributed by atoms with Gasteiger partial charge in [0.15, 0.2) is 0 Å². The molecule has 0 aliphatic carbocycles. The van der Waals surface area contributed by atoms with E-state index < -0.39 is 22.0 Å². The van der Waals surface area contributed by atoms with Gasteiger partial charge in [-0.15, -0.1) is 0 Å². The minimum Gasteiger partial charge on any atom is -0.478 e. The van der Waals surface area contributed by atoms with Gasteiger partial charge in [0, 0.05) is 13.1 Å². The fraction of sp³-hybridized carbons (Fsp3) is 0.130. The standard InChI is InChI=1S/C23H21NO6S/c1-16-4-2-3-5-20(16)15-24(14-17-6-8-18(9-7-17)22(25)26)31(29,30)21-12-10-19(11-13-21)23(27)28/h2-13H,14-15H2,1H3,(H,25,26)(H,27,28). The van der Waals surface area contributed by atoms with Gasteiger partial charge < -0.3 is 10.2 Å². The Hall–Kier alpha value is -3.49. The summed E-state index contributed by atoms with van der Waals surface area (Å²) in [5.41, 5.74) is 2.50. The SMILES string of the molecule is Cc1ccccc1CN(Cc1ccc(C(=O)O)cc1)S(=O)(=O)c1ccc(C(=O)O)cc1. The van der Waals surface area contributed by atoms with Crippen LogP contribution in [0.3, 0.4) is 0 Å². The van der Waals surface area contributed by atoms with E-state index in [9.17, 15) is 18.0 Å². The lowest BCUT2D eigenvalue weighted by molar-refractivity contribution is 0.0686. The first-order valence-corrected chi connectivity index (χ1v) is 10.8. The highest BCUT2D eigenvalue weighted by Gasteiger charge is 2.26. The van der Waals surface area contributed by atoms with Crippen molar-refractivity contribution in [1.29, 1.82) is 0 Å². The van der Waals surface area contributed by atoms with Gasteiger partial charge in [-0.3, -0.25) is 0 Å². The second-order valence-corrected chi connectivity index (χ2v) is 8.97. The molecule has 160 valence electrons. The molecule has 31 heavy (non-hydrogen) atoms. The predicted molar refractivity (Wildman–Crippen MR) is 114 cm³/mol. The molecule has 0 unspecified atom stereocenters. The molecule has 0 atom stereocenters. The molecular formula is C23H21NO6S. The van der Waals surface area contributed by atoms with Gasteiger partial charge in [-0.2, -0.15) is 4.31 Å². The van der Waals surface area contributed by atoms with Crippen molar-refractivity contribution in [2.24, 2.45) is 0 Å². The molecule has 0 spiro atoms. The predicted octanol–water partition coefficient (Wildman–Crippen LogP) is 3.78. The second-order valence-electron chi connectivity index (χ2n) is 7.03. The average Bonchev–Trinajstić information content (AvgIpc) is 2.75. The van der Waals surface area contributed by atoms with Gasteiger partial charge >= 0.3 is 11.9 Å². The first-order valence-electron chi connectivity index (χ1n) is 9.39. The Balaban J connectivity index is 1.98. The number of hydrogen-bond acceptors (Lipinski definition) is 4. The first-order chi connectivity index (χ1) is 14.7. The summed E-state index contributed by atoms with van der Waals surface area (Å²) in [5, 5.41) is 18.1. The van der Waals surface area contributed by atoms with E-state index in [1.54, 1.807) is 12.1 Å². The molecule has 0 saturated carbocycles. The number of benzene rings is 3. The van der Waals surface area contributed by atoms with Crippen LogP contribution in [-0.2, 0) is 23.1 Å². The average molecular weight is 439 g/mol. The lowest BCUT2D eigenvalue weighted by atomic mass is 10.1. The molecular weight excluding hydrogens is 418 g/mol. The Morgan fingerprint density at radius 1 is 0.774 bits per heavy atom. The number of nitrogens with zero attached hydrogens (tertiary/aromatic N) is 1. The summed E-state index contributed by atoms with van der Waals surface area (Å²) in [6.07, 6.45) is 0. The normalized spacial score (nSPS) is 11.4. The van der Waals surface area contributed by atoms with Gasteiger partial charge in [0.25, 0.3) is 0 Å². The van der Waals surface area contributed by atoms with Crippen molar-refractivity contribution < 1.29 is 28.2 Å². The summed E-state index contributed by atoms with van der Waals surface area (Å²) < 4.78 is 28.1. The molecule has 0 aliphatic heterocycles. The molecule has 0 heterocycles. The molecule has 3 aromatic rings. The molecule has 3 aromatic carbocycles. The Morgan fingerprint density at radius 2 is 1.29 bits per heavy atom. The maximum absolute atomic E-state index is 13.4. The van der Waals surface area contributed by atoms with Crippen LogP contribution in [-0.4, -0.2) is 34.9 Å². The Kier molecular flexibility index (Phi) is 6.53. The highest BCUT2D eigenvalue weighted by atomic mass is 32.2. The van der Waals surface area contributed by atoms with Gasteiger partial charge in [0.2, 0.25) is 10.0 Å². The number of rotatable bonds is 8. The summed E-state index contributed by atoms with van der Waals surface area (Å²) in [4.78, 5) is 22.2. The van der Waals surface area contributed by atoms with Gasteiger partial charge in [-0.25, -0.2) is 18.0 Å². The Bertz CT molecular complexity index is 1200. The molecule has 3 rings (SSSR count). The van der Waals surface area contributed by atoms with E-state index >= 15 is 0 Å². The third-order valence-electron chi connectivity index (χ3n) is 4.91. The maximum atomic E-state index is 13.4. The Morgan fingerprint density at radius 3 is 1.81 bits per heavy atom. The van der Waals surface area contributed by atoms with Gasteiger partial charge in [-0.05, 0) is 60.0 Å². The van der Waals surface area contributed by atoms with Crippen LogP contribution < -0.4 is 0 Å². The zero-order valence-corrected chi connectivity index (χ0v) is 17.5. The third kappa shape index (κ3) is 5.17. The summed E-state index contributed by atoms with van der Waals surface area (Å²) in [6, 6.07) is 18.5. The van der Waals surface area contributed by atoms with Gasteiger partial charge in [-0.1, -0.05) is 36.4 Å². The summed E-state index contributed by atoms with van der Waals surface area (Å²) in [5.74, 6) is -2.20. The van der Waals surface area contributed by atoms with E-state index in [-0.39, 0.29) is 29.1 Å². The number of aromatic carboxylic acids is 2. The molecule has 0 radical (unpaired) electrons. The van der Waals surface area contributed by atoms with Crippen molar-refractivity contribution in [1.82, 2.24) is 4.31 Å². The molecule has 0 aromatic heterocycles. The summed E-state index contributed by atoms with van der Waals surface area (Å²) in [7, 11) is -3.96. The van der Waals surface area contributed by atoms with Gasteiger partial charge in [0.05, 0.1) is 16.0 Å². The third-order valence-corrected chi connectivity index (χ3v) is 6.71. The van der Waals surface area contributed by atoms with E-state index in [4.69, 9.17) is 10.2 Å². The molecule has 8 heteroatoms. The van der Waals surface area contributed by atoms with E-state index in [1.807, 2.05) is 31.2 Å². The molecule has 0 amide bonds. The van der Waals surface area contributed by atoms with Crippen LogP contribution in [0.1, 0.15) is 37.4 Å². The van der Waals surface area contributed by atoms with Crippen LogP contribution in [0.5, 0.6) is 0 Å². The van der Waals surface area contributed by atoms with Crippen LogP contribution >= 0.6 is 0 Å². The number of aryl methyl sites for hydroxylation is 1. The van der Waals surface area contributed by atoms with Crippen molar-refractivity contribution in [3.05, 3.63) is 101 Å². The summed E-state index contributed by atoms with van der Waals surface area (Å²) in [6.45, 7) is 2.02. The van der Waals surface area contributed by atoms with Crippen LogP contribution in [0.2, 0.25) is 0 Å². The lowest BCUT2D eigenvalue weighted by Gasteiger charge is -2.23. The highest BCUT2D eigenvalue weighted by Crippen LogP contribution is 2.23. The van der Waals surface area contributed by atoms with E-state index in [0.29, 0.717) is 5.56 Å². The zero-order chi connectivity index (χ0) is 22.6. The molecule has 0 aliphatic rings. The van der Waals surface area contributed by atoms with E-state index in [0.717, 1.165) is 11.1 Å². The zero-order valence-electron chi connectivity index (χ0n) is 16.7. The van der Waals surface area contributed by atoms with Crippen molar-refractivity contribution in [3.8, 4) is 0 Å². The topological polar surface area (TPSA) is 112 Å². The number of carbonyl (C=O) groups is 2. The largest absolute Gasteiger partial charge is 0.478 e. The minimum absolute atomic E-state index is 0.00587. The number of carboxylic acids is 2. The van der Waals surface area contributed by atoms with Crippen molar-refractivity contribution in [2.75, 3.05) is 0 Å². The van der Waals surface area contributed by atoms with Crippen molar-refractivity contribution in [3.63, 3.8) is 0 Å². The smallest absolute Gasteiger partial charge is 0.335 e. The van der Waals surface area contributed by atoms with Crippen LogP contribution in [0, 0.1) is 6.92 Å². The maximum Gasteiger partial charge on any atom is 0.335 e. The Labute approximate surface area is 180 Å². The van der Waals surface area contributed by atoms with E-state index in [1.165, 1.54) is 40.7 Å². The molecule has 0 bridgehead atoms. The second kappa shape index (κ2) is 9.11. The first kappa shape index (κ1) is 22.2. The number of hydrogen-bond donors (Lipinski definition) is 2. The molecule has 0 saturated heterocycles. The van der Waals surface area contributed by atoms with Crippen LogP contribution in [0.15, 0.2) is 77.7 Å². The molecule has 7 nitrogen and oxygen atoms in total. The van der Waals surface area contributed by atoms with Crippen molar-refractivity contribution >= 4 is 22.0 Å². The molecule has 2 N–H and O–H groups in total. The summed E-state index contributed by atoms with van der Waals surface area (Å²) >= 11 is 0. The number of carboxylic acid groups (broad SMARTS) is 2. The molecule has 0 fully saturated rings. The fourth-order valence-electron chi connectivity index (χ4n) is 3.08. The highest BCUT2D eigenvalue weighted by molar-refractivity contribution is 7.89. The van der Waals surface area contributed by atoms with Crippen molar-refractivity contribution in [2.45, 2.75) is 24.9 Å². The number of sulfonamides is 1. The van der Waals surface area contributed by atoms with Gasteiger partial charge in [0.1, 0.15) is 0 Å². The fourth-order valence-corrected chi connectivity index (χ4v) is 4.48. The monoisotopic (exact) mass is 439 g/mol. The van der Waals surface area contributed by atoms with E-state index in [2.05, 4.69) is 0 Å².